The van der Waals surface area contributed by atoms with Crippen molar-refractivity contribution in [2.24, 2.45) is 0 Å². The van der Waals surface area contributed by atoms with Gasteiger partial charge in [-0.1, -0.05) is 12.1 Å². The fraction of sp³-hybridized carbons (Fsp3) is 0.200. The molecule has 0 fully saturated rings. The molecule has 0 atom stereocenters. The van der Waals surface area contributed by atoms with Crippen LogP contribution >= 0.6 is 0 Å². The van der Waals surface area contributed by atoms with E-state index in [2.05, 4.69) is 9.97 Å². The Hall–Kier alpha value is -3.02. The molecular weight excluding hydrogens is 336 g/mol. The fourth-order valence-corrected chi connectivity index (χ4v) is 3.28. The van der Waals surface area contributed by atoms with Gasteiger partial charge in [-0.05, 0) is 42.8 Å². The number of fused-ring (bicyclic) bond motifs is 1. The largest absolute Gasteiger partial charge is 0.340 e. The van der Waals surface area contributed by atoms with Crippen LogP contribution in [0.3, 0.4) is 0 Å². The van der Waals surface area contributed by atoms with Crippen molar-refractivity contribution in [1.29, 1.82) is 0 Å². The molecule has 0 radical (unpaired) electrons. The maximum atomic E-state index is 13.4. The third-order valence-corrected chi connectivity index (χ3v) is 4.64. The highest BCUT2D eigenvalue weighted by molar-refractivity contribution is 5.95. The first-order valence-electron chi connectivity index (χ1n) is 8.40. The van der Waals surface area contributed by atoms with Crippen molar-refractivity contribution in [2.45, 2.75) is 19.9 Å². The van der Waals surface area contributed by atoms with Crippen molar-refractivity contribution < 1.29 is 13.6 Å². The van der Waals surface area contributed by atoms with Crippen LogP contribution in [0.15, 0.2) is 42.5 Å². The Bertz CT molecular complexity index is 996. The topological polar surface area (TPSA) is 49.0 Å². The summed E-state index contributed by atoms with van der Waals surface area (Å²) < 4.78 is 26.7. The number of aromatic nitrogens is 2. The number of nitrogens with zero attached hydrogens (tertiary/aromatic N) is 2. The molecule has 3 aromatic rings. The number of aryl methyl sites for hydroxylation is 1. The number of carbonyl (C=O) groups is 1. The predicted octanol–water partition coefficient (Wildman–Crippen LogP) is 3.86. The van der Waals surface area contributed by atoms with Gasteiger partial charge in [0.25, 0.3) is 5.91 Å². The molecule has 0 bridgehead atoms. The molecule has 2 heterocycles. The highest BCUT2D eigenvalue weighted by atomic mass is 19.1. The molecule has 0 aliphatic carbocycles. The minimum atomic E-state index is -0.353. The summed E-state index contributed by atoms with van der Waals surface area (Å²) in [6.07, 6.45) is 0.618. The third-order valence-electron chi connectivity index (χ3n) is 4.64. The molecule has 4 rings (SSSR count). The van der Waals surface area contributed by atoms with Crippen LogP contribution in [0.25, 0.3) is 11.4 Å². The van der Waals surface area contributed by atoms with E-state index >= 15 is 0 Å². The smallest absolute Gasteiger partial charge is 0.254 e. The number of hydrogen-bond donors (Lipinski definition) is 1. The first kappa shape index (κ1) is 16.4. The van der Waals surface area contributed by atoms with Crippen LogP contribution in [-0.4, -0.2) is 27.3 Å². The van der Waals surface area contributed by atoms with Crippen LogP contribution in [0.5, 0.6) is 0 Å². The predicted molar refractivity (Wildman–Crippen MR) is 93.6 cm³/mol. The van der Waals surface area contributed by atoms with E-state index in [0.29, 0.717) is 42.0 Å². The van der Waals surface area contributed by atoms with Crippen LogP contribution in [-0.2, 0) is 13.0 Å². The molecule has 0 saturated heterocycles. The number of nitrogens with one attached hydrogen (secondary N) is 1. The Morgan fingerprint density at radius 1 is 1.15 bits per heavy atom. The van der Waals surface area contributed by atoms with Gasteiger partial charge in [0.05, 0.1) is 17.9 Å². The maximum absolute atomic E-state index is 13.4. The lowest BCUT2D eigenvalue weighted by Gasteiger charge is -2.26. The Labute approximate surface area is 149 Å². The van der Waals surface area contributed by atoms with Gasteiger partial charge in [0.2, 0.25) is 0 Å². The summed E-state index contributed by atoms with van der Waals surface area (Å²) in [6.45, 7) is 2.66. The SMILES string of the molecule is Cc1cc(F)ccc1C(=O)N1CCc2nc(-c3cccc(F)c3)[nH]c2C1. The van der Waals surface area contributed by atoms with Gasteiger partial charge in [-0.25, -0.2) is 13.8 Å². The Morgan fingerprint density at radius 3 is 2.73 bits per heavy atom. The van der Waals surface area contributed by atoms with Crippen molar-refractivity contribution in [3.05, 3.63) is 76.6 Å². The lowest BCUT2D eigenvalue weighted by molar-refractivity contribution is 0.0731. The number of carbonyl (C=O) groups excluding carboxylic acids is 1. The third kappa shape index (κ3) is 2.98. The maximum Gasteiger partial charge on any atom is 0.254 e. The van der Waals surface area contributed by atoms with E-state index < -0.39 is 0 Å². The molecule has 4 nitrogen and oxygen atoms in total. The lowest BCUT2D eigenvalue weighted by atomic mass is 10.1. The van der Waals surface area contributed by atoms with E-state index in [0.717, 1.165) is 11.4 Å². The van der Waals surface area contributed by atoms with Crippen molar-refractivity contribution in [1.82, 2.24) is 14.9 Å². The van der Waals surface area contributed by atoms with Crippen LogP contribution in [0, 0.1) is 18.6 Å². The number of hydrogen-bond acceptors (Lipinski definition) is 2. The summed E-state index contributed by atoms with van der Waals surface area (Å²) >= 11 is 0. The number of imidazole rings is 1. The van der Waals surface area contributed by atoms with Gasteiger partial charge in [0, 0.05) is 24.1 Å². The molecule has 1 N–H and O–H groups in total. The number of halogens is 2. The number of benzene rings is 2. The summed E-state index contributed by atoms with van der Waals surface area (Å²) in [5.74, 6) is -0.203. The average Bonchev–Trinajstić information content (AvgIpc) is 3.04. The molecule has 26 heavy (non-hydrogen) atoms. The van der Waals surface area contributed by atoms with Gasteiger partial charge in [-0.3, -0.25) is 4.79 Å². The molecule has 0 saturated carbocycles. The van der Waals surface area contributed by atoms with Crippen molar-refractivity contribution in [3.8, 4) is 11.4 Å². The zero-order valence-corrected chi connectivity index (χ0v) is 14.2. The second-order valence-corrected chi connectivity index (χ2v) is 6.46. The molecule has 0 unspecified atom stereocenters. The second kappa shape index (κ2) is 6.37. The highest BCUT2D eigenvalue weighted by Gasteiger charge is 2.25. The monoisotopic (exact) mass is 353 g/mol. The summed E-state index contributed by atoms with van der Waals surface area (Å²) in [4.78, 5) is 22.3. The number of H-pyrrole nitrogens is 1. The number of amides is 1. The molecule has 1 aliphatic rings. The quantitative estimate of drug-likeness (QED) is 0.760. The average molecular weight is 353 g/mol. The van der Waals surface area contributed by atoms with Crippen molar-refractivity contribution in [2.75, 3.05) is 6.54 Å². The van der Waals surface area contributed by atoms with Gasteiger partial charge < -0.3 is 9.88 Å². The van der Waals surface area contributed by atoms with Crippen LogP contribution in [0.1, 0.15) is 27.3 Å². The highest BCUT2D eigenvalue weighted by Crippen LogP contribution is 2.24. The molecular formula is C20H17F2N3O. The zero-order chi connectivity index (χ0) is 18.3. The summed E-state index contributed by atoms with van der Waals surface area (Å²) in [6, 6.07) is 10.4. The molecule has 132 valence electrons. The molecule has 1 aromatic heterocycles. The summed E-state index contributed by atoms with van der Waals surface area (Å²) in [5.41, 5.74) is 3.53. The lowest BCUT2D eigenvalue weighted by Crippen LogP contribution is -2.36. The minimum Gasteiger partial charge on any atom is -0.340 e. The van der Waals surface area contributed by atoms with Crippen molar-refractivity contribution >= 4 is 5.91 Å². The van der Waals surface area contributed by atoms with Gasteiger partial charge >= 0.3 is 0 Å². The van der Waals surface area contributed by atoms with Gasteiger partial charge in [-0.2, -0.15) is 0 Å². The van der Waals surface area contributed by atoms with Crippen LogP contribution < -0.4 is 0 Å². The summed E-state index contributed by atoms with van der Waals surface area (Å²) in [7, 11) is 0. The molecule has 1 aliphatic heterocycles. The second-order valence-electron chi connectivity index (χ2n) is 6.46. The van der Waals surface area contributed by atoms with E-state index in [1.165, 1.54) is 30.3 Å². The number of aromatic amines is 1. The van der Waals surface area contributed by atoms with Crippen LogP contribution in [0.2, 0.25) is 0 Å². The molecule has 0 spiro atoms. The Kier molecular flexibility index (Phi) is 4.03. The van der Waals surface area contributed by atoms with Gasteiger partial charge in [0.15, 0.2) is 0 Å². The van der Waals surface area contributed by atoms with E-state index in [4.69, 9.17) is 0 Å². The normalized spacial score (nSPS) is 13.6. The van der Waals surface area contributed by atoms with Crippen molar-refractivity contribution in [3.63, 3.8) is 0 Å². The fourth-order valence-electron chi connectivity index (χ4n) is 3.28. The van der Waals surface area contributed by atoms with Gasteiger partial charge in [0.1, 0.15) is 17.5 Å². The number of rotatable bonds is 2. The van der Waals surface area contributed by atoms with E-state index in [1.54, 1.807) is 24.0 Å². The zero-order valence-electron chi connectivity index (χ0n) is 14.2. The first-order chi connectivity index (χ1) is 12.5. The van der Waals surface area contributed by atoms with E-state index in [-0.39, 0.29) is 17.5 Å². The molecule has 2 aromatic carbocycles. The summed E-state index contributed by atoms with van der Waals surface area (Å²) in [5, 5.41) is 0. The first-order valence-corrected chi connectivity index (χ1v) is 8.40. The molecule has 6 heteroatoms. The Balaban J connectivity index is 1.59. The van der Waals surface area contributed by atoms with Crippen LogP contribution in [0.4, 0.5) is 8.78 Å². The minimum absolute atomic E-state index is 0.130. The van der Waals surface area contributed by atoms with E-state index in [1.807, 2.05) is 0 Å². The van der Waals surface area contributed by atoms with E-state index in [9.17, 15) is 13.6 Å². The standard InChI is InChI=1S/C20H17F2N3O/c1-12-9-15(22)5-6-16(12)20(26)25-8-7-17-18(11-25)24-19(23-17)13-3-2-4-14(21)10-13/h2-6,9-10H,7-8,11H2,1H3,(H,23,24). The Morgan fingerprint density at radius 2 is 1.96 bits per heavy atom. The molecule has 1 amide bonds. The van der Waals surface area contributed by atoms with Gasteiger partial charge in [-0.15, -0.1) is 0 Å².